The van der Waals surface area contributed by atoms with E-state index in [9.17, 15) is 29.7 Å². The summed E-state index contributed by atoms with van der Waals surface area (Å²) >= 11 is 0. The molecule has 0 amide bonds. The highest BCUT2D eigenvalue weighted by molar-refractivity contribution is 5.92. The van der Waals surface area contributed by atoms with Crippen LogP contribution in [-0.4, -0.2) is 81.9 Å². The molecule has 1 aromatic rings. The lowest BCUT2D eigenvalue weighted by Gasteiger charge is -2.68. The molecule has 8 rings (SSSR count). The van der Waals surface area contributed by atoms with Gasteiger partial charge < -0.3 is 38.7 Å². The van der Waals surface area contributed by atoms with E-state index in [-0.39, 0.29) is 42.7 Å². The van der Waals surface area contributed by atoms with E-state index < -0.39 is 75.8 Å². The van der Waals surface area contributed by atoms with E-state index in [1.165, 1.54) is 0 Å². The Morgan fingerprint density at radius 1 is 1.04 bits per heavy atom. The third kappa shape index (κ3) is 3.39. The van der Waals surface area contributed by atoms with Crippen LogP contribution in [0.2, 0.25) is 0 Å². The Labute approximate surface area is 268 Å². The number of aliphatic hydroxyl groups excluding tert-OH is 3. The molecule has 3 saturated carbocycles. The van der Waals surface area contributed by atoms with Crippen LogP contribution in [-0.2, 0) is 39.8 Å². The van der Waals surface area contributed by atoms with Gasteiger partial charge in [0, 0.05) is 28.2 Å². The molecular formula is C35H46O11. The molecule has 5 heterocycles. The van der Waals surface area contributed by atoms with Gasteiger partial charge in [0.1, 0.15) is 30.2 Å². The van der Waals surface area contributed by atoms with Crippen molar-refractivity contribution in [1.29, 1.82) is 0 Å². The second kappa shape index (κ2) is 9.65. The zero-order valence-corrected chi connectivity index (χ0v) is 27.2. The molecule has 3 aliphatic carbocycles. The van der Waals surface area contributed by atoms with Gasteiger partial charge in [-0.15, -0.1) is 0 Å². The molecule has 2 bridgehead atoms. The number of aliphatic hydroxyl groups is 3. The molecule has 2 spiro atoms. The number of hydrogen-bond acceptors (Lipinski definition) is 11. The predicted molar refractivity (Wildman–Crippen MR) is 158 cm³/mol. The fraction of sp³-hybridized carbons (Fsp3) is 0.800. The molecule has 7 fully saturated rings. The molecule has 4 aliphatic heterocycles. The second-order valence-corrected chi connectivity index (χ2v) is 16.3. The fourth-order valence-electron chi connectivity index (χ4n) is 12.5. The summed E-state index contributed by atoms with van der Waals surface area (Å²) in [7, 11) is 0. The summed E-state index contributed by atoms with van der Waals surface area (Å²) in [6.07, 6.45) is 0.410. The topological polar surface area (TPSA) is 165 Å². The zero-order chi connectivity index (χ0) is 32.8. The highest BCUT2D eigenvalue weighted by Gasteiger charge is 2.92. The summed E-state index contributed by atoms with van der Waals surface area (Å²) in [5.74, 6) is -2.51. The molecule has 0 aromatic carbocycles. The minimum atomic E-state index is -1.44. The molecular weight excluding hydrogens is 596 g/mol. The number of Topliss-reactive ketones (excluding diaryl/α,β-unsaturated/α-hetero) is 1. The summed E-state index contributed by atoms with van der Waals surface area (Å²) in [6.45, 7) is 9.37. The minimum absolute atomic E-state index is 0.0273. The van der Waals surface area contributed by atoms with E-state index in [2.05, 4.69) is 0 Å². The fourth-order valence-corrected chi connectivity index (χ4v) is 12.5. The maximum absolute atomic E-state index is 14.6. The summed E-state index contributed by atoms with van der Waals surface area (Å²) in [5, 5.41) is 32.7. The van der Waals surface area contributed by atoms with E-state index in [1.807, 2.05) is 34.6 Å². The van der Waals surface area contributed by atoms with Gasteiger partial charge in [-0.3, -0.25) is 9.59 Å². The Hall–Kier alpha value is -2.31. The van der Waals surface area contributed by atoms with Gasteiger partial charge in [0.25, 0.3) is 0 Å². The van der Waals surface area contributed by atoms with Gasteiger partial charge in [-0.2, -0.15) is 0 Å². The third-order valence-electron chi connectivity index (χ3n) is 13.9. The Morgan fingerprint density at radius 3 is 2.52 bits per heavy atom. The number of ketones is 1. The van der Waals surface area contributed by atoms with Crippen LogP contribution >= 0.6 is 0 Å². The van der Waals surface area contributed by atoms with Gasteiger partial charge in [0.15, 0.2) is 11.9 Å². The Bertz CT molecular complexity index is 1480. The number of epoxide rings is 1. The lowest BCUT2D eigenvalue weighted by atomic mass is 9.34. The highest BCUT2D eigenvalue weighted by atomic mass is 16.7. The van der Waals surface area contributed by atoms with E-state index in [1.54, 1.807) is 12.3 Å². The zero-order valence-electron chi connectivity index (χ0n) is 27.2. The van der Waals surface area contributed by atoms with Crippen molar-refractivity contribution in [3.8, 4) is 0 Å². The first-order chi connectivity index (χ1) is 21.7. The standard InChI is InChI=1S/C35H46O11/c1-6-7-16(20(37)14-36)12-21-18(10-11-42-21)26-32(4)13-17-8-9-19-27-34(15-43-29(19)40)23(17)33(5,35(32)28(46-35)30(41)44-26)25(39)22(38)24(34)31(2,3)45-27/h10-11,16-17,19-20,23-28,36-37,39H,6-9,12-15H2,1-5H3. The SMILES string of the molecule is CCCC(Cc1occc1C1OC(=O)C2OC23C1(C)CC1CCC2C(=O)OCC45C2OC(C)(C)C4C(=O)C(O)C3(C)C15)C(O)CO. The molecule has 11 nitrogen and oxygen atoms in total. The predicted octanol–water partition coefficient (Wildman–Crippen LogP) is 2.67. The number of esters is 2. The highest BCUT2D eigenvalue weighted by Crippen LogP contribution is 2.82. The van der Waals surface area contributed by atoms with Crippen molar-refractivity contribution in [3.63, 3.8) is 0 Å². The first-order valence-electron chi connectivity index (χ1n) is 17.0. The molecule has 1 aromatic heterocycles. The van der Waals surface area contributed by atoms with Gasteiger partial charge in [-0.1, -0.05) is 27.2 Å². The lowest BCUT2D eigenvalue weighted by molar-refractivity contribution is -0.266. The maximum Gasteiger partial charge on any atom is 0.339 e. The van der Waals surface area contributed by atoms with Crippen LogP contribution in [0.15, 0.2) is 16.7 Å². The molecule has 7 aliphatic rings. The van der Waals surface area contributed by atoms with Crippen molar-refractivity contribution >= 4 is 17.7 Å². The van der Waals surface area contributed by atoms with Crippen LogP contribution in [0.4, 0.5) is 0 Å². The number of carbonyl (C=O) groups excluding carboxylic acids is 3. The van der Waals surface area contributed by atoms with Gasteiger partial charge in [-0.05, 0) is 63.4 Å². The van der Waals surface area contributed by atoms with Crippen LogP contribution in [0.3, 0.4) is 0 Å². The van der Waals surface area contributed by atoms with Crippen molar-refractivity contribution in [2.45, 2.75) is 115 Å². The van der Waals surface area contributed by atoms with Gasteiger partial charge in [-0.25, -0.2) is 4.79 Å². The van der Waals surface area contributed by atoms with Crippen LogP contribution in [0, 0.1) is 45.8 Å². The summed E-state index contributed by atoms with van der Waals surface area (Å²) in [4.78, 5) is 41.7. The quantitative estimate of drug-likeness (QED) is 0.296. The molecule has 0 radical (unpaired) electrons. The first-order valence-corrected chi connectivity index (χ1v) is 17.0. The van der Waals surface area contributed by atoms with Crippen molar-refractivity contribution in [2.75, 3.05) is 13.2 Å². The number of carbonyl (C=O) groups is 3. The van der Waals surface area contributed by atoms with Crippen molar-refractivity contribution in [3.05, 3.63) is 23.7 Å². The smallest absolute Gasteiger partial charge is 0.339 e. The number of cyclic esters (lactones) is 2. The third-order valence-corrected chi connectivity index (χ3v) is 13.9. The van der Waals surface area contributed by atoms with Crippen LogP contribution < -0.4 is 0 Å². The van der Waals surface area contributed by atoms with Gasteiger partial charge in [0.2, 0.25) is 0 Å². The summed E-state index contributed by atoms with van der Waals surface area (Å²) < 4.78 is 31.5. The lowest BCUT2D eigenvalue weighted by Crippen LogP contribution is -2.77. The van der Waals surface area contributed by atoms with E-state index in [4.69, 9.17) is 23.4 Å². The summed E-state index contributed by atoms with van der Waals surface area (Å²) in [5.41, 5.74) is -4.46. The Morgan fingerprint density at radius 2 is 1.80 bits per heavy atom. The van der Waals surface area contributed by atoms with Gasteiger partial charge in [0.05, 0.1) is 42.5 Å². The van der Waals surface area contributed by atoms with Crippen LogP contribution in [0.25, 0.3) is 0 Å². The normalized spacial score (nSPS) is 49.1. The molecule has 46 heavy (non-hydrogen) atoms. The minimum Gasteiger partial charge on any atom is -0.469 e. The first kappa shape index (κ1) is 31.0. The molecule has 252 valence electrons. The molecule has 4 saturated heterocycles. The largest absolute Gasteiger partial charge is 0.469 e. The van der Waals surface area contributed by atoms with E-state index >= 15 is 0 Å². The summed E-state index contributed by atoms with van der Waals surface area (Å²) in [6, 6.07) is 1.80. The molecule has 14 atom stereocenters. The average Bonchev–Trinajstić information content (AvgIpc) is 3.59. The molecule has 3 N–H and O–H groups in total. The Kier molecular flexibility index (Phi) is 6.50. The number of furan rings is 1. The number of rotatable bonds is 7. The monoisotopic (exact) mass is 642 g/mol. The Balaban J connectivity index is 1.29. The molecule has 14 unspecified atom stereocenters. The van der Waals surface area contributed by atoms with Crippen molar-refractivity contribution in [1.82, 2.24) is 0 Å². The van der Waals surface area contributed by atoms with E-state index in [0.717, 1.165) is 6.42 Å². The van der Waals surface area contributed by atoms with Crippen molar-refractivity contribution in [2.24, 2.45) is 45.8 Å². The maximum atomic E-state index is 14.6. The number of hydrogen-bond donors (Lipinski definition) is 3. The van der Waals surface area contributed by atoms with Crippen LogP contribution in [0.5, 0.6) is 0 Å². The second-order valence-electron chi connectivity index (χ2n) is 16.3. The van der Waals surface area contributed by atoms with E-state index in [0.29, 0.717) is 43.4 Å². The van der Waals surface area contributed by atoms with Crippen LogP contribution in [0.1, 0.15) is 84.2 Å². The van der Waals surface area contributed by atoms with Gasteiger partial charge >= 0.3 is 11.9 Å². The average molecular weight is 643 g/mol. The van der Waals surface area contributed by atoms with Crippen molar-refractivity contribution < 1.29 is 53.1 Å². The molecule has 11 heteroatoms. The number of ether oxygens (including phenoxy) is 4.